The van der Waals surface area contributed by atoms with Crippen molar-refractivity contribution in [2.45, 2.75) is 20.3 Å². The summed E-state index contributed by atoms with van der Waals surface area (Å²) in [6, 6.07) is 44.1. The number of benzene rings is 4. The standard InChI is InChI=1S/C30H34N2P2/c1-26(2)24-25-32(34(29-20-12-6-13-21-29)30-22-14-7-15-23-30)31(3)33(27-16-8-4-9-17-27)28-18-10-5-11-19-28/h4-23,26H,24-25H2,1-3H3. The highest BCUT2D eigenvalue weighted by atomic mass is 31.1. The molecule has 4 aromatic rings. The van der Waals surface area contributed by atoms with Crippen molar-refractivity contribution in [3.63, 3.8) is 0 Å². The van der Waals surface area contributed by atoms with Crippen molar-refractivity contribution in [3.8, 4) is 0 Å². The first-order valence-electron chi connectivity index (χ1n) is 12.0. The fraction of sp³-hybridized carbons (Fsp3) is 0.200. The maximum Gasteiger partial charge on any atom is 0.0437 e. The zero-order valence-electron chi connectivity index (χ0n) is 20.3. The van der Waals surface area contributed by atoms with Gasteiger partial charge in [0.1, 0.15) is 0 Å². The minimum Gasteiger partial charge on any atom is -0.210 e. The van der Waals surface area contributed by atoms with Gasteiger partial charge in [0, 0.05) is 29.7 Å². The molecule has 4 aromatic carbocycles. The fourth-order valence-corrected chi connectivity index (χ4v) is 8.99. The Kier molecular flexibility index (Phi) is 9.03. The second-order valence-electron chi connectivity index (χ2n) is 8.73. The van der Waals surface area contributed by atoms with Crippen LogP contribution in [-0.2, 0) is 0 Å². The molecule has 0 spiro atoms. The molecule has 0 radical (unpaired) electrons. The van der Waals surface area contributed by atoms with Crippen LogP contribution in [0.2, 0.25) is 0 Å². The van der Waals surface area contributed by atoms with Gasteiger partial charge in [0.25, 0.3) is 0 Å². The highest BCUT2D eigenvalue weighted by Crippen LogP contribution is 2.48. The van der Waals surface area contributed by atoms with Crippen LogP contribution in [0.5, 0.6) is 0 Å². The molecule has 2 nitrogen and oxygen atoms in total. The lowest BCUT2D eigenvalue weighted by Gasteiger charge is -2.43. The SMILES string of the molecule is CC(C)CCN(N(C)P(c1ccccc1)c1ccccc1)P(c1ccccc1)c1ccccc1. The molecule has 0 saturated heterocycles. The van der Waals surface area contributed by atoms with Crippen molar-refractivity contribution >= 4 is 37.4 Å². The van der Waals surface area contributed by atoms with E-state index in [1.165, 1.54) is 21.2 Å². The molecule has 0 aromatic heterocycles. The summed E-state index contributed by atoms with van der Waals surface area (Å²) in [7, 11) is 0.857. The number of nitrogens with zero attached hydrogens (tertiary/aromatic N) is 2. The Labute approximate surface area is 207 Å². The average Bonchev–Trinajstić information content (AvgIpc) is 2.89. The molecular formula is C30H34N2P2. The molecule has 0 atom stereocenters. The van der Waals surface area contributed by atoms with Gasteiger partial charge in [-0.15, -0.1) is 0 Å². The van der Waals surface area contributed by atoms with Crippen LogP contribution in [0.3, 0.4) is 0 Å². The Balaban J connectivity index is 1.83. The molecule has 4 heteroatoms. The largest absolute Gasteiger partial charge is 0.210 e. The predicted molar refractivity (Wildman–Crippen MR) is 152 cm³/mol. The minimum atomic E-state index is -0.722. The lowest BCUT2D eigenvalue weighted by molar-refractivity contribution is 0.213. The van der Waals surface area contributed by atoms with Crippen LogP contribution < -0.4 is 21.2 Å². The fourth-order valence-electron chi connectivity index (χ4n) is 4.03. The van der Waals surface area contributed by atoms with E-state index < -0.39 is 16.1 Å². The smallest absolute Gasteiger partial charge is 0.0437 e. The van der Waals surface area contributed by atoms with E-state index in [2.05, 4.69) is 152 Å². The molecule has 0 N–H and O–H groups in total. The molecule has 0 bridgehead atoms. The van der Waals surface area contributed by atoms with Crippen molar-refractivity contribution in [1.82, 2.24) is 9.56 Å². The number of rotatable bonds is 10. The van der Waals surface area contributed by atoms with Crippen molar-refractivity contribution < 1.29 is 0 Å². The van der Waals surface area contributed by atoms with E-state index in [4.69, 9.17) is 0 Å². The second-order valence-corrected chi connectivity index (χ2v) is 13.1. The van der Waals surface area contributed by atoms with Crippen LogP contribution in [0.1, 0.15) is 20.3 Å². The van der Waals surface area contributed by atoms with Crippen LogP contribution >= 0.6 is 16.1 Å². The Morgan fingerprint density at radius 3 is 1.18 bits per heavy atom. The van der Waals surface area contributed by atoms with Crippen LogP contribution in [0.4, 0.5) is 0 Å². The van der Waals surface area contributed by atoms with Gasteiger partial charge in [0.15, 0.2) is 0 Å². The van der Waals surface area contributed by atoms with Gasteiger partial charge in [-0.1, -0.05) is 135 Å². The van der Waals surface area contributed by atoms with Gasteiger partial charge < -0.3 is 0 Å². The van der Waals surface area contributed by atoms with E-state index in [9.17, 15) is 0 Å². The summed E-state index contributed by atoms with van der Waals surface area (Å²) in [5.74, 6) is 0.638. The van der Waals surface area contributed by atoms with Crippen LogP contribution in [0.15, 0.2) is 121 Å². The lowest BCUT2D eigenvalue weighted by Crippen LogP contribution is -2.42. The van der Waals surface area contributed by atoms with Gasteiger partial charge in [0.2, 0.25) is 0 Å². The molecule has 0 saturated carbocycles. The first-order chi connectivity index (χ1) is 16.6. The summed E-state index contributed by atoms with van der Waals surface area (Å²) in [6.45, 7) is 5.66. The topological polar surface area (TPSA) is 6.48 Å². The monoisotopic (exact) mass is 484 g/mol. The minimum absolute atomic E-state index is 0.638. The van der Waals surface area contributed by atoms with E-state index in [0.717, 1.165) is 13.0 Å². The first-order valence-corrected chi connectivity index (χ1v) is 14.6. The maximum atomic E-state index is 2.67. The molecule has 0 amide bonds. The van der Waals surface area contributed by atoms with E-state index in [0.29, 0.717) is 5.92 Å². The van der Waals surface area contributed by atoms with Gasteiger partial charge in [-0.3, -0.25) is 0 Å². The third kappa shape index (κ3) is 6.21. The van der Waals surface area contributed by atoms with Gasteiger partial charge in [-0.25, -0.2) is 9.56 Å². The molecule has 0 heterocycles. The lowest BCUT2D eigenvalue weighted by atomic mass is 10.1. The van der Waals surface area contributed by atoms with E-state index >= 15 is 0 Å². The Hall–Kier alpha value is -2.34. The van der Waals surface area contributed by atoms with Crippen molar-refractivity contribution in [3.05, 3.63) is 121 Å². The highest BCUT2D eigenvalue weighted by molar-refractivity contribution is 7.73. The molecule has 0 aliphatic carbocycles. The molecule has 34 heavy (non-hydrogen) atoms. The maximum absolute atomic E-state index is 2.67. The summed E-state index contributed by atoms with van der Waals surface area (Å²) in [5, 5.41) is 5.51. The van der Waals surface area contributed by atoms with Crippen molar-refractivity contribution in [2.75, 3.05) is 13.6 Å². The normalized spacial score (nSPS) is 11.8. The third-order valence-electron chi connectivity index (χ3n) is 5.76. The number of hydrazine groups is 1. The molecule has 0 fully saturated rings. The molecule has 174 valence electrons. The van der Waals surface area contributed by atoms with Crippen LogP contribution in [0.25, 0.3) is 0 Å². The van der Waals surface area contributed by atoms with E-state index in [1.54, 1.807) is 0 Å². The molecule has 0 aliphatic heterocycles. The molecular weight excluding hydrogens is 450 g/mol. The first kappa shape index (κ1) is 24.8. The Morgan fingerprint density at radius 1 is 0.529 bits per heavy atom. The summed E-state index contributed by atoms with van der Waals surface area (Å²) in [6.07, 6.45) is 1.15. The third-order valence-corrected chi connectivity index (χ3v) is 10.8. The Bertz CT molecular complexity index is 1030. The van der Waals surface area contributed by atoms with E-state index in [-0.39, 0.29) is 0 Å². The zero-order chi connectivity index (χ0) is 23.8. The van der Waals surface area contributed by atoms with Gasteiger partial charge in [-0.05, 0) is 33.6 Å². The molecule has 4 rings (SSSR count). The zero-order valence-corrected chi connectivity index (χ0v) is 22.1. The average molecular weight is 485 g/mol. The van der Waals surface area contributed by atoms with Gasteiger partial charge >= 0.3 is 0 Å². The summed E-state index contributed by atoms with van der Waals surface area (Å²) < 4.78 is 5.24. The molecule has 0 unspecified atom stereocenters. The van der Waals surface area contributed by atoms with Crippen LogP contribution in [0, 0.1) is 5.92 Å². The Morgan fingerprint density at radius 2 is 0.853 bits per heavy atom. The predicted octanol–water partition coefficient (Wildman–Crippen LogP) is 6.28. The molecule has 0 aliphatic rings. The van der Waals surface area contributed by atoms with Gasteiger partial charge in [-0.2, -0.15) is 0 Å². The highest BCUT2D eigenvalue weighted by Gasteiger charge is 2.31. The van der Waals surface area contributed by atoms with Gasteiger partial charge in [0.05, 0.1) is 0 Å². The summed E-state index contributed by atoms with van der Waals surface area (Å²) in [5.41, 5.74) is 0. The number of hydrogen-bond donors (Lipinski definition) is 0. The van der Waals surface area contributed by atoms with Crippen LogP contribution in [-0.4, -0.2) is 23.2 Å². The van der Waals surface area contributed by atoms with Crippen molar-refractivity contribution in [1.29, 1.82) is 0 Å². The summed E-state index contributed by atoms with van der Waals surface area (Å²) >= 11 is 0. The second kappa shape index (κ2) is 12.4. The quantitative estimate of drug-likeness (QED) is 0.193. The number of hydrogen-bond acceptors (Lipinski definition) is 2. The summed E-state index contributed by atoms with van der Waals surface area (Å²) in [4.78, 5) is 0. The van der Waals surface area contributed by atoms with E-state index in [1.807, 2.05) is 0 Å². The van der Waals surface area contributed by atoms with Crippen molar-refractivity contribution in [2.24, 2.45) is 5.92 Å².